The number of esters is 1. The van der Waals surface area contributed by atoms with E-state index in [9.17, 15) is 10.1 Å². The van der Waals surface area contributed by atoms with Crippen molar-refractivity contribution in [3.63, 3.8) is 0 Å². The Morgan fingerprint density at radius 3 is 2.58 bits per heavy atom. The summed E-state index contributed by atoms with van der Waals surface area (Å²) in [5.41, 5.74) is 7.89. The number of nitrogens with two attached hydrogens (primary N) is 1. The Morgan fingerprint density at radius 2 is 1.85 bits per heavy atom. The molecule has 0 saturated heterocycles. The number of rotatable bonds is 6. The van der Waals surface area contributed by atoms with Gasteiger partial charge in [-0.25, -0.2) is 4.79 Å². The fourth-order valence-corrected chi connectivity index (χ4v) is 3.76. The zero-order valence-electron chi connectivity index (χ0n) is 17.6. The number of hydrogen-bond acceptors (Lipinski definition) is 7. The molecule has 0 spiro atoms. The molecule has 8 heteroatoms. The average Bonchev–Trinajstić information content (AvgIpc) is 2.82. The van der Waals surface area contributed by atoms with E-state index in [4.69, 9.17) is 24.7 Å². The molecule has 0 amide bonds. The molecule has 1 unspecified atom stereocenters. The first-order chi connectivity index (χ1) is 16.0. The van der Waals surface area contributed by atoms with Crippen LogP contribution < -0.4 is 24.7 Å². The summed E-state index contributed by atoms with van der Waals surface area (Å²) in [6, 6.07) is 21.6. The van der Waals surface area contributed by atoms with Gasteiger partial charge in [0.1, 0.15) is 34.6 Å². The van der Waals surface area contributed by atoms with E-state index in [1.54, 1.807) is 37.4 Å². The fraction of sp³-hybridized carbons (Fsp3) is 0.120. The van der Waals surface area contributed by atoms with Crippen LogP contribution in [-0.2, 0) is 4.79 Å². The van der Waals surface area contributed by atoms with E-state index in [1.807, 2.05) is 36.4 Å². The molecule has 0 saturated carbocycles. The van der Waals surface area contributed by atoms with Gasteiger partial charge in [-0.05, 0) is 48.0 Å². The van der Waals surface area contributed by atoms with Crippen molar-refractivity contribution >= 4 is 21.9 Å². The Kier molecular flexibility index (Phi) is 6.52. The topological polar surface area (TPSA) is 104 Å². The van der Waals surface area contributed by atoms with Crippen LogP contribution in [0.15, 0.2) is 82.7 Å². The second-order valence-electron chi connectivity index (χ2n) is 7.12. The van der Waals surface area contributed by atoms with Crippen molar-refractivity contribution < 1.29 is 23.7 Å². The summed E-state index contributed by atoms with van der Waals surface area (Å²) in [5.74, 6) is 0.868. The summed E-state index contributed by atoms with van der Waals surface area (Å²) in [6.07, 6.45) is 0. The lowest BCUT2D eigenvalue weighted by Gasteiger charge is -2.27. The average molecular weight is 507 g/mol. The zero-order valence-corrected chi connectivity index (χ0v) is 19.2. The van der Waals surface area contributed by atoms with Gasteiger partial charge >= 0.3 is 5.97 Å². The number of nitrogens with zero attached hydrogens (tertiary/aromatic N) is 1. The summed E-state index contributed by atoms with van der Waals surface area (Å²) in [6.45, 7) is -0.257. The van der Waals surface area contributed by atoms with Gasteiger partial charge in [0.15, 0.2) is 6.61 Å². The normalized spacial score (nSPS) is 14.5. The number of carbonyl (C=O) groups excluding carboxylic acids is 1. The van der Waals surface area contributed by atoms with Gasteiger partial charge in [-0.15, -0.1) is 0 Å². The third kappa shape index (κ3) is 4.94. The molecule has 2 N–H and O–H groups in total. The number of hydrogen-bond donors (Lipinski definition) is 1. The molecule has 0 fully saturated rings. The number of carbonyl (C=O) groups is 1. The van der Waals surface area contributed by atoms with Crippen LogP contribution in [0.2, 0.25) is 0 Å². The lowest BCUT2D eigenvalue weighted by Crippen LogP contribution is -2.21. The number of benzene rings is 3. The molecule has 7 nitrogen and oxygen atoms in total. The summed E-state index contributed by atoms with van der Waals surface area (Å²) < 4.78 is 22.8. The lowest BCUT2D eigenvalue weighted by molar-refractivity contribution is -0.136. The Morgan fingerprint density at radius 1 is 1.09 bits per heavy atom. The highest BCUT2D eigenvalue weighted by Gasteiger charge is 2.31. The van der Waals surface area contributed by atoms with Gasteiger partial charge < -0.3 is 24.7 Å². The molecule has 1 heterocycles. The predicted octanol–water partition coefficient (Wildman–Crippen LogP) is 4.66. The molecule has 0 bridgehead atoms. The van der Waals surface area contributed by atoms with E-state index < -0.39 is 11.9 Å². The molecule has 3 aromatic rings. The van der Waals surface area contributed by atoms with Crippen LogP contribution in [0.4, 0.5) is 0 Å². The van der Waals surface area contributed by atoms with E-state index >= 15 is 0 Å². The fourth-order valence-electron chi connectivity index (χ4n) is 3.50. The van der Waals surface area contributed by atoms with E-state index in [0.29, 0.717) is 22.8 Å². The van der Waals surface area contributed by atoms with E-state index in [0.717, 1.165) is 15.6 Å². The van der Waals surface area contributed by atoms with Crippen molar-refractivity contribution in [2.75, 3.05) is 13.7 Å². The van der Waals surface area contributed by atoms with Gasteiger partial charge in [-0.2, -0.15) is 5.26 Å². The maximum Gasteiger partial charge on any atom is 0.349 e. The SMILES string of the molecule is COc1cccc(C2C(C#N)=C(N)Oc3cc(OC(=O)COc4ccc(Br)cc4)ccc32)c1. The minimum Gasteiger partial charge on any atom is -0.497 e. The summed E-state index contributed by atoms with van der Waals surface area (Å²) >= 11 is 3.34. The highest BCUT2D eigenvalue weighted by atomic mass is 79.9. The molecule has 0 aromatic heterocycles. The molecule has 3 aromatic carbocycles. The molecule has 1 aliphatic rings. The van der Waals surface area contributed by atoms with Gasteiger partial charge in [0, 0.05) is 16.1 Å². The van der Waals surface area contributed by atoms with Crippen LogP contribution in [0.1, 0.15) is 17.0 Å². The number of fused-ring (bicyclic) bond motifs is 1. The summed E-state index contributed by atoms with van der Waals surface area (Å²) in [5, 5.41) is 9.70. The van der Waals surface area contributed by atoms with Crippen molar-refractivity contribution in [1.29, 1.82) is 5.26 Å². The molecular weight excluding hydrogens is 488 g/mol. The van der Waals surface area contributed by atoms with Crippen LogP contribution in [0.3, 0.4) is 0 Å². The highest BCUT2D eigenvalue weighted by Crippen LogP contribution is 2.43. The number of methoxy groups -OCH3 is 1. The van der Waals surface area contributed by atoms with Crippen LogP contribution >= 0.6 is 15.9 Å². The maximum atomic E-state index is 12.3. The third-order valence-corrected chi connectivity index (χ3v) is 5.55. The largest absolute Gasteiger partial charge is 0.497 e. The second kappa shape index (κ2) is 9.67. The van der Waals surface area contributed by atoms with E-state index in [2.05, 4.69) is 22.0 Å². The first-order valence-corrected chi connectivity index (χ1v) is 10.7. The van der Waals surface area contributed by atoms with Crippen molar-refractivity contribution in [2.45, 2.75) is 5.92 Å². The molecule has 1 aliphatic heterocycles. The second-order valence-corrected chi connectivity index (χ2v) is 8.03. The molecule has 0 aliphatic carbocycles. The molecular formula is C25H19BrN2O5. The van der Waals surface area contributed by atoms with Gasteiger partial charge in [0.2, 0.25) is 5.88 Å². The predicted molar refractivity (Wildman–Crippen MR) is 124 cm³/mol. The van der Waals surface area contributed by atoms with Gasteiger partial charge in [0.05, 0.1) is 13.0 Å². The van der Waals surface area contributed by atoms with Gasteiger partial charge in [0.25, 0.3) is 0 Å². The first kappa shape index (κ1) is 22.2. The Labute approximate surface area is 199 Å². The Balaban J connectivity index is 1.55. The van der Waals surface area contributed by atoms with Crippen LogP contribution in [0, 0.1) is 11.3 Å². The first-order valence-electron chi connectivity index (χ1n) is 9.93. The van der Waals surface area contributed by atoms with Crippen LogP contribution in [0.5, 0.6) is 23.0 Å². The minimum atomic E-state index is -0.570. The number of halogens is 1. The van der Waals surface area contributed by atoms with Crippen molar-refractivity contribution in [2.24, 2.45) is 5.73 Å². The number of ether oxygens (including phenoxy) is 4. The maximum absolute atomic E-state index is 12.3. The van der Waals surface area contributed by atoms with E-state index in [-0.39, 0.29) is 18.2 Å². The van der Waals surface area contributed by atoms with Crippen molar-refractivity contribution in [3.05, 3.63) is 93.8 Å². The molecule has 4 rings (SSSR count). The molecule has 1 atom stereocenters. The number of allylic oxidation sites excluding steroid dienone is 1. The van der Waals surface area contributed by atoms with Gasteiger partial charge in [-0.3, -0.25) is 0 Å². The lowest BCUT2D eigenvalue weighted by atomic mass is 9.83. The zero-order chi connectivity index (χ0) is 23.4. The molecule has 0 radical (unpaired) electrons. The minimum absolute atomic E-state index is 0.000122. The van der Waals surface area contributed by atoms with Crippen LogP contribution in [-0.4, -0.2) is 19.7 Å². The standard InChI is InChI=1S/C25H19BrN2O5/c1-30-18-4-2-3-15(11-18)24-20-10-9-19(12-22(20)33-25(28)21(24)13-27)32-23(29)14-31-17-7-5-16(26)6-8-17/h2-12,24H,14,28H2,1H3. The quantitative estimate of drug-likeness (QED) is 0.382. The molecule has 166 valence electrons. The molecule has 33 heavy (non-hydrogen) atoms. The van der Waals surface area contributed by atoms with Crippen molar-refractivity contribution in [1.82, 2.24) is 0 Å². The summed E-state index contributed by atoms with van der Waals surface area (Å²) in [4.78, 5) is 12.3. The monoisotopic (exact) mass is 506 g/mol. The summed E-state index contributed by atoms with van der Waals surface area (Å²) in [7, 11) is 1.58. The Hall–Kier alpha value is -3.96. The Bertz CT molecular complexity index is 1260. The van der Waals surface area contributed by atoms with Gasteiger partial charge in [-0.1, -0.05) is 34.1 Å². The highest BCUT2D eigenvalue weighted by molar-refractivity contribution is 9.10. The smallest absolute Gasteiger partial charge is 0.349 e. The third-order valence-electron chi connectivity index (χ3n) is 5.02. The van der Waals surface area contributed by atoms with Crippen molar-refractivity contribution in [3.8, 4) is 29.1 Å². The number of nitriles is 1. The van der Waals surface area contributed by atoms with Crippen LogP contribution in [0.25, 0.3) is 0 Å². The van der Waals surface area contributed by atoms with E-state index in [1.165, 1.54) is 0 Å².